The highest BCUT2D eigenvalue weighted by Gasteiger charge is 2.28. The monoisotopic (exact) mass is 295 g/mol. The van der Waals surface area contributed by atoms with E-state index in [0.29, 0.717) is 25.0 Å². The van der Waals surface area contributed by atoms with Gasteiger partial charge in [-0.3, -0.25) is 4.79 Å². The first kappa shape index (κ1) is 15.9. The van der Waals surface area contributed by atoms with Gasteiger partial charge in [0.15, 0.2) is 5.82 Å². The van der Waals surface area contributed by atoms with Crippen LogP contribution in [0.1, 0.15) is 63.6 Å². The average molecular weight is 295 g/mol. The van der Waals surface area contributed by atoms with Crippen molar-refractivity contribution in [3.8, 4) is 0 Å². The summed E-state index contributed by atoms with van der Waals surface area (Å²) in [5.41, 5.74) is 0. The fourth-order valence-corrected chi connectivity index (χ4v) is 2.48. The average Bonchev–Trinajstić information content (AvgIpc) is 3.02. The summed E-state index contributed by atoms with van der Waals surface area (Å²) < 4.78 is 10.6. The lowest BCUT2D eigenvalue weighted by atomic mass is 9.98. The van der Waals surface area contributed by atoms with Gasteiger partial charge >= 0.3 is 0 Å². The molecule has 2 atom stereocenters. The van der Waals surface area contributed by atoms with Gasteiger partial charge < -0.3 is 14.2 Å². The molecule has 6 heteroatoms. The number of likely N-dealkylation sites (tertiary alicyclic amines) is 1. The molecule has 21 heavy (non-hydrogen) atoms. The second kappa shape index (κ2) is 7.54. The van der Waals surface area contributed by atoms with Crippen LogP contribution in [0.15, 0.2) is 4.52 Å². The van der Waals surface area contributed by atoms with Crippen LogP contribution in [-0.2, 0) is 9.53 Å². The van der Waals surface area contributed by atoms with Gasteiger partial charge in [0.25, 0.3) is 0 Å². The minimum absolute atomic E-state index is 0.0446. The van der Waals surface area contributed by atoms with Crippen molar-refractivity contribution in [3.63, 3.8) is 0 Å². The first-order valence-corrected chi connectivity index (χ1v) is 7.84. The smallest absolute Gasteiger partial charge is 0.248 e. The van der Waals surface area contributed by atoms with Crippen molar-refractivity contribution in [2.24, 2.45) is 0 Å². The number of hydrogen-bond acceptors (Lipinski definition) is 5. The zero-order valence-electron chi connectivity index (χ0n) is 13.2. The van der Waals surface area contributed by atoms with Crippen molar-refractivity contribution in [2.45, 2.75) is 51.9 Å². The normalized spacial score (nSPS) is 20.5. The lowest BCUT2D eigenvalue weighted by molar-refractivity contribution is -0.137. The van der Waals surface area contributed by atoms with Crippen LogP contribution in [0.3, 0.4) is 0 Å². The van der Waals surface area contributed by atoms with E-state index in [-0.39, 0.29) is 18.4 Å². The first-order chi connectivity index (χ1) is 10.2. The predicted octanol–water partition coefficient (Wildman–Crippen LogP) is 2.33. The van der Waals surface area contributed by atoms with Gasteiger partial charge in [-0.15, -0.1) is 0 Å². The highest BCUT2D eigenvalue weighted by molar-refractivity contribution is 5.77. The van der Waals surface area contributed by atoms with E-state index < -0.39 is 0 Å². The summed E-state index contributed by atoms with van der Waals surface area (Å²) in [6.07, 6.45) is 2.94. The quantitative estimate of drug-likeness (QED) is 0.805. The number of hydrogen-bond donors (Lipinski definition) is 0. The van der Waals surface area contributed by atoms with E-state index in [1.807, 2.05) is 11.8 Å². The van der Waals surface area contributed by atoms with E-state index in [9.17, 15) is 4.79 Å². The predicted molar refractivity (Wildman–Crippen MR) is 78.1 cm³/mol. The summed E-state index contributed by atoms with van der Waals surface area (Å²) in [5.74, 6) is 1.93. The maximum absolute atomic E-state index is 12.0. The summed E-state index contributed by atoms with van der Waals surface area (Å²) >= 11 is 0. The highest BCUT2D eigenvalue weighted by atomic mass is 16.5. The van der Waals surface area contributed by atoms with Gasteiger partial charge in [-0.05, 0) is 26.2 Å². The molecule has 1 fully saturated rings. The lowest BCUT2D eigenvalue weighted by Crippen LogP contribution is -2.41. The van der Waals surface area contributed by atoms with Crippen LogP contribution in [0.5, 0.6) is 0 Å². The molecule has 1 aromatic rings. The number of carbonyl (C=O) groups is 1. The van der Waals surface area contributed by atoms with Crippen LogP contribution >= 0.6 is 0 Å². The molecule has 1 aliphatic heterocycles. The maximum Gasteiger partial charge on any atom is 0.248 e. The Balaban J connectivity index is 1.97. The maximum atomic E-state index is 12.0. The molecule has 0 saturated carbocycles. The molecule has 1 saturated heterocycles. The van der Waals surface area contributed by atoms with Gasteiger partial charge in [0.1, 0.15) is 6.61 Å². The molecule has 1 aromatic heterocycles. The molecule has 0 spiro atoms. The topological polar surface area (TPSA) is 68.5 Å². The number of rotatable bonds is 6. The molecule has 1 aliphatic rings. The van der Waals surface area contributed by atoms with Crippen molar-refractivity contribution in [1.29, 1.82) is 0 Å². The van der Waals surface area contributed by atoms with Crippen LogP contribution in [0, 0.1) is 0 Å². The lowest BCUT2D eigenvalue weighted by Gasteiger charge is -2.30. The molecule has 2 rings (SSSR count). The van der Waals surface area contributed by atoms with Crippen molar-refractivity contribution in [1.82, 2.24) is 15.0 Å². The van der Waals surface area contributed by atoms with Crippen LogP contribution in [-0.4, -0.2) is 47.3 Å². The SMILES string of the molecule is CCOCC(=O)N1CCC[C@H](c2nc([C@H](C)CC)no2)C1. The second-order valence-corrected chi connectivity index (χ2v) is 5.62. The molecule has 0 aromatic carbocycles. The van der Waals surface area contributed by atoms with Gasteiger partial charge in [0.2, 0.25) is 11.8 Å². The Kier molecular flexibility index (Phi) is 5.73. The van der Waals surface area contributed by atoms with Crippen molar-refractivity contribution >= 4 is 5.91 Å². The Bertz CT molecular complexity index is 461. The Labute approximate surface area is 125 Å². The number of carbonyl (C=O) groups excluding carboxylic acids is 1. The Hall–Kier alpha value is -1.43. The van der Waals surface area contributed by atoms with E-state index in [0.717, 1.165) is 31.6 Å². The minimum Gasteiger partial charge on any atom is -0.372 e. The van der Waals surface area contributed by atoms with E-state index in [2.05, 4.69) is 24.0 Å². The van der Waals surface area contributed by atoms with Crippen LogP contribution < -0.4 is 0 Å². The van der Waals surface area contributed by atoms with Crippen LogP contribution in [0.25, 0.3) is 0 Å². The fourth-order valence-electron chi connectivity index (χ4n) is 2.48. The number of ether oxygens (including phenoxy) is 1. The molecule has 118 valence electrons. The summed E-state index contributed by atoms with van der Waals surface area (Å²) in [7, 11) is 0. The van der Waals surface area contributed by atoms with Crippen molar-refractivity contribution in [2.75, 3.05) is 26.3 Å². The molecule has 0 N–H and O–H groups in total. The fraction of sp³-hybridized carbons (Fsp3) is 0.800. The molecule has 0 bridgehead atoms. The summed E-state index contributed by atoms with van der Waals surface area (Å²) in [4.78, 5) is 18.4. The van der Waals surface area contributed by atoms with E-state index in [4.69, 9.17) is 9.26 Å². The van der Waals surface area contributed by atoms with Gasteiger partial charge in [0, 0.05) is 25.6 Å². The van der Waals surface area contributed by atoms with Crippen LogP contribution in [0.4, 0.5) is 0 Å². The number of nitrogens with zero attached hydrogens (tertiary/aromatic N) is 3. The molecule has 0 unspecified atom stereocenters. The second-order valence-electron chi connectivity index (χ2n) is 5.62. The van der Waals surface area contributed by atoms with Gasteiger partial charge in [0.05, 0.1) is 5.92 Å². The van der Waals surface area contributed by atoms with E-state index >= 15 is 0 Å². The highest BCUT2D eigenvalue weighted by Crippen LogP contribution is 2.27. The number of piperidine rings is 1. The largest absolute Gasteiger partial charge is 0.372 e. The molecule has 6 nitrogen and oxygen atoms in total. The van der Waals surface area contributed by atoms with Crippen LogP contribution in [0.2, 0.25) is 0 Å². The van der Waals surface area contributed by atoms with Gasteiger partial charge in [-0.25, -0.2) is 0 Å². The Morgan fingerprint density at radius 3 is 3.05 bits per heavy atom. The van der Waals surface area contributed by atoms with E-state index in [1.54, 1.807) is 0 Å². The molecule has 2 heterocycles. The molecule has 0 aliphatic carbocycles. The van der Waals surface area contributed by atoms with E-state index in [1.165, 1.54) is 0 Å². The zero-order valence-corrected chi connectivity index (χ0v) is 13.2. The Morgan fingerprint density at radius 2 is 2.33 bits per heavy atom. The zero-order chi connectivity index (χ0) is 15.2. The first-order valence-electron chi connectivity index (χ1n) is 7.84. The minimum atomic E-state index is 0.0446. The number of amides is 1. The van der Waals surface area contributed by atoms with Gasteiger partial charge in [-0.1, -0.05) is 19.0 Å². The van der Waals surface area contributed by atoms with Gasteiger partial charge in [-0.2, -0.15) is 4.98 Å². The molecule has 1 amide bonds. The third-order valence-electron chi connectivity index (χ3n) is 4.06. The summed E-state index contributed by atoms with van der Waals surface area (Å²) in [5, 5.41) is 4.07. The molecular formula is C15H25N3O3. The van der Waals surface area contributed by atoms with Crippen molar-refractivity contribution in [3.05, 3.63) is 11.7 Å². The third kappa shape index (κ3) is 4.03. The summed E-state index contributed by atoms with van der Waals surface area (Å²) in [6.45, 7) is 8.24. The molecular weight excluding hydrogens is 270 g/mol. The number of aromatic nitrogens is 2. The Morgan fingerprint density at radius 1 is 1.52 bits per heavy atom. The molecule has 0 radical (unpaired) electrons. The summed E-state index contributed by atoms with van der Waals surface area (Å²) in [6, 6.07) is 0. The standard InChI is InChI=1S/C15H25N3O3/c1-4-11(3)14-16-15(21-17-14)12-7-6-8-18(9-12)13(19)10-20-5-2/h11-12H,4-10H2,1-3H3/t11-,12+/m1/s1. The third-order valence-corrected chi connectivity index (χ3v) is 4.06. The van der Waals surface area contributed by atoms with Crippen molar-refractivity contribution < 1.29 is 14.1 Å².